The van der Waals surface area contributed by atoms with E-state index in [0.29, 0.717) is 47.8 Å². The molecule has 0 saturated carbocycles. The molecule has 4 rings (SSSR count). The van der Waals surface area contributed by atoms with Crippen molar-refractivity contribution in [3.63, 3.8) is 0 Å². The Hall–Kier alpha value is -3.00. The highest BCUT2D eigenvalue weighted by Crippen LogP contribution is 2.21. The molecular weight excluding hydrogens is 357 g/mol. The Morgan fingerprint density at radius 3 is 2.63 bits per heavy atom. The quantitative estimate of drug-likeness (QED) is 0.719. The molecule has 5 nitrogen and oxygen atoms in total. The van der Waals surface area contributed by atoms with Crippen LogP contribution in [0.1, 0.15) is 16.8 Å². The van der Waals surface area contributed by atoms with Crippen LogP contribution in [0.3, 0.4) is 0 Å². The summed E-state index contributed by atoms with van der Waals surface area (Å²) in [5.74, 6) is -3.53. The van der Waals surface area contributed by atoms with Gasteiger partial charge in [0.05, 0.1) is 5.69 Å². The number of nitrogens with zero attached hydrogens (tertiary/aromatic N) is 3. The van der Waals surface area contributed by atoms with Crippen molar-refractivity contribution >= 4 is 0 Å². The SMILES string of the molecule is O=c1[nH]c(-c2ccccn2)nc2c1CCN(Cc1cc(F)c(F)c(F)c1)C2. The summed E-state index contributed by atoms with van der Waals surface area (Å²) < 4.78 is 40.0. The lowest BCUT2D eigenvalue weighted by Crippen LogP contribution is -2.35. The summed E-state index contributed by atoms with van der Waals surface area (Å²) in [5, 5.41) is 0. The second-order valence-electron chi connectivity index (χ2n) is 6.39. The van der Waals surface area contributed by atoms with Gasteiger partial charge in [-0.3, -0.25) is 14.7 Å². The molecule has 0 bridgehead atoms. The molecule has 3 aromatic rings. The third kappa shape index (κ3) is 3.48. The van der Waals surface area contributed by atoms with E-state index in [1.165, 1.54) is 0 Å². The van der Waals surface area contributed by atoms with Gasteiger partial charge in [-0.25, -0.2) is 18.2 Å². The molecule has 0 unspecified atom stereocenters. The number of nitrogens with one attached hydrogen (secondary N) is 1. The average molecular weight is 372 g/mol. The zero-order valence-electron chi connectivity index (χ0n) is 14.2. The summed E-state index contributed by atoms with van der Waals surface area (Å²) >= 11 is 0. The van der Waals surface area contributed by atoms with Crippen LogP contribution in [0.2, 0.25) is 0 Å². The van der Waals surface area contributed by atoms with Gasteiger partial charge in [-0.2, -0.15) is 0 Å². The fraction of sp³-hybridized carbons (Fsp3) is 0.211. The van der Waals surface area contributed by atoms with E-state index in [-0.39, 0.29) is 12.1 Å². The highest BCUT2D eigenvalue weighted by Gasteiger charge is 2.22. The Labute approximate surface area is 152 Å². The maximum Gasteiger partial charge on any atom is 0.254 e. The van der Waals surface area contributed by atoms with E-state index < -0.39 is 17.5 Å². The van der Waals surface area contributed by atoms with E-state index in [1.807, 2.05) is 4.90 Å². The molecule has 1 aliphatic heterocycles. The molecule has 27 heavy (non-hydrogen) atoms. The minimum Gasteiger partial charge on any atom is -0.305 e. The van der Waals surface area contributed by atoms with Crippen LogP contribution in [0.25, 0.3) is 11.5 Å². The first-order valence-corrected chi connectivity index (χ1v) is 8.40. The van der Waals surface area contributed by atoms with Crippen LogP contribution in [0.15, 0.2) is 41.3 Å². The molecule has 1 aliphatic rings. The van der Waals surface area contributed by atoms with Gasteiger partial charge < -0.3 is 4.98 Å². The Balaban J connectivity index is 1.61. The lowest BCUT2D eigenvalue weighted by molar-refractivity contribution is 0.239. The summed E-state index contributed by atoms with van der Waals surface area (Å²) in [6.45, 7) is 1.10. The van der Waals surface area contributed by atoms with Gasteiger partial charge in [0, 0.05) is 31.4 Å². The molecule has 0 amide bonds. The van der Waals surface area contributed by atoms with Crippen molar-refractivity contribution < 1.29 is 13.2 Å². The molecule has 0 aliphatic carbocycles. The van der Waals surface area contributed by atoms with Crippen molar-refractivity contribution in [3.8, 4) is 11.5 Å². The summed E-state index contributed by atoms with van der Waals surface area (Å²) in [7, 11) is 0. The second kappa shape index (κ2) is 6.96. The largest absolute Gasteiger partial charge is 0.305 e. The van der Waals surface area contributed by atoms with Crippen molar-refractivity contribution in [2.75, 3.05) is 6.54 Å². The molecule has 0 radical (unpaired) electrons. The van der Waals surface area contributed by atoms with E-state index in [9.17, 15) is 18.0 Å². The highest BCUT2D eigenvalue weighted by molar-refractivity contribution is 5.49. The number of pyridine rings is 1. The van der Waals surface area contributed by atoms with Gasteiger partial charge in [-0.1, -0.05) is 6.07 Å². The molecule has 0 atom stereocenters. The van der Waals surface area contributed by atoms with Gasteiger partial charge in [0.1, 0.15) is 5.69 Å². The number of hydrogen-bond donors (Lipinski definition) is 1. The molecular formula is C19H15F3N4O. The number of aromatic amines is 1. The van der Waals surface area contributed by atoms with Gasteiger partial charge in [-0.05, 0) is 36.2 Å². The number of aromatic nitrogens is 3. The van der Waals surface area contributed by atoms with E-state index in [2.05, 4.69) is 15.0 Å². The Morgan fingerprint density at radius 1 is 1.15 bits per heavy atom. The first-order valence-electron chi connectivity index (χ1n) is 8.40. The van der Waals surface area contributed by atoms with Gasteiger partial charge in [0.25, 0.3) is 5.56 Å². The topological polar surface area (TPSA) is 61.9 Å². The third-order valence-corrected chi connectivity index (χ3v) is 4.51. The van der Waals surface area contributed by atoms with Crippen LogP contribution >= 0.6 is 0 Å². The van der Waals surface area contributed by atoms with Crippen molar-refractivity contribution in [2.45, 2.75) is 19.5 Å². The standard InChI is InChI=1S/C19H15F3N4O/c20-13-7-11(8-14(21)17(13)22)9-26-6-4-12-16(10-26)24-18(25-19(12)27)15-3-1-2-5-23-15/h1-3,5,7-8H,4,6,9-10H2,(H,24,25,27). The van der Waals surface area contributed by atoms with Crippen molar-refractivity contribution in [3.05, 3.63) is 81.2 Å². The number of hydrogen-bond acceptors (Lipinski definition) is 4. The van der Waals surface area contributed by atoms with Crippen LogP contribution < -0.4 is 5.56 Å². The number of benzene rings is 1. The van der Waals surface area contributed by atoms with Crippen molar-refractivity contribution in [1.82, 2.24) is 19.9 Å². The summed E-state index contributed by atoms with van der Waals surface area (Å²) in [4.78, 5) is 25.7. The maximum absolute atomic E-state index is 13.4. The molecule has 3 heterocycles. The normalized spacial score (nSPS) is 14.2. The predicted molar refractivity (Wildman–Crippen MR) is 92.2 cm³/mol. The van der Waals surface area contributed by atoms with Crippen LogP contribution in [0.5, 0.6) is 0 Å². The van der Waals surface area contributed by atoms with E-state index in [1.54, 1.807) is 24.4 Å². The van der Waals surface area contributed by atoms with Crippen LogP contribution in [0.4, 0.5) is 13.2 Å². The summed E-state index contributed by atoms with van der Waals surface area (Å²) in [6.07, 6.45) is 2.07. The predicted octanol–water partition coefficient (Wildman–Crippen LogP) is 2.81. The smallest absolute Gasteiger partial charge is 0.254 e. The Morgan fingerprint density at radius 2 is 1.93 bits per heavy atom. The van der Waals surface area contributed by atoms with Crippen molar-refractivity contribution in [2.24, 2.45) is 0 Å². The molecule has 8 heteroatoms. The van der Waals surface area contributed by atoms with Gasteiger partial charge in [-0.15, -0.1) is 0 Å². The first kappa shape index (κ1) is 17.4. The monoisotopic (exact) mass is 372 g/mol. The number of halogens is 3. The van der Waals surface area contributed by atoms with E-state index in [4.69, 9.17) is 0 Å². The van der Waals surface area contributed by atoms with E-state index in [0.717, 1.165) is 12.1 Å². The minimum absolute atomic E-state index is 0.209. The Bertz CT molecular complexity index is 1030. The third-order valence-electron chi connectivity index (χ3n) is 4.51. The van der Waals surface area contributed by atoms with E-state index >= 15 is 0 Å². The van der Waals surface area contributed by atoms with Gasteiger partial charge in [0.15, 0.2) is 23.3 Å². The Kier molecular flexibility index (Phi) is 4.49. The molecule has 0 spiro atoms. The number of rotatable bonds is 3. The molecule has 1 aromatic carbocycles. The minimum atomic E-state index is -1.48. The molecule has 2 aromatic heterocycles. The van der Waals surface area contributed by atoms with Crippen molar-refractivity contribution in [1.29, 1.82) is 0 Å². The van der Waals surface area contributed by atoms with Crippen LogP contribution in [0, 0.1) is 17.5 Å². The zero-order chi connectivity index (χ0) is 19.0. The summed E-state index contributed by atoms with van der Waals surface area (Å²) in [5.41, 5.74) is 1.87. The van der Waals surface area contributed by atoms with Crippen LogP contribution in [-0.2, 0) is 19.5 Å². The fourth-order valence-electron chi connectivity index (χ4n) is 3.21. The zero-order valence-corrected chi connectivity index (χ0v) is 14.2. The summed E-state index contributed by atoms with van der Waals surface area (Å²) in [6, 6.07) is 7.28. The first-order chi connectivity index (χ1) is 13.0. The maximum atomic E-state index is 13.4. The fourth-order valence-corrected chi connectivity index (χ4v) is 3.21. The van der Waals surface area contributed by atoms with Gasteiger partial charge >= 0.3 is 0 Å². The molecule has 1 N–H and O–H groups in total. The number of H-pyrrole nitrogens is 1. The lowest BCUT2D eigenvalue weighted by atomic mass is 10.1. The molecule has 138 valence electrons. The second-order valence-corrected chi connectivity index (χ2v) is 6.39. The van der Waals surface area contributed by atoms with Gasteiger partial charge in [0.2, 0.25) is 0 Å². The number of fused-ring (bicyclic) bond motifs is 1. The highest BCUT2D eigenvalue weighted by atomic mass is 19.2. The molecule has 0 saturated heterocycles. The average Bonchev–Trinajstić information content (AvgIpc) is 2.66. The molecule has 0 fully saturated rings. The van der Waals surface area contributed by atoms with Crippen LogP contribution in [-0.4, -0.2) is 26.4 Å². The lowest BCUT2D eigenvalue weighted by Gasteiger charge is -2.27.